The molecule has 3 aliphatic carbocycles. The van der Waals surface area contributed by atoms with Gasteiger partial charge in [-0.25, -0.2) is 9.78 Å². The molecule has 0 amide bonds. The van der Waals surface area contributed by atoms with Crippen LogP contribution in [0.15, 0.2) is 12.1 Å². The van der Waals surface area contributed by atoms with Crippen molar-refractivity contribution >= 4 is 17.5 Å². The summed E-state index contributed by atoms with van der Waals surface area (Å²) in [5.74, 6) is 1.58. The lowest BCUT2D eigenvalue weighted by molar-refractivity contribution is -0.384. The Labute approximate surface area is 120 Å². The topological polar surface area (TPSA) is 105 Å². The number of anilines is 1. The van der Waals surface area contributed by atoms with E-state index in [1.807, 2.05) is 0 Å². The molecular weight excluding hydrogens is 274 g/mol. The van der Waals surface area contributed by atoms with Gasteiger partial charge in [-0.05, 0) is 49.0 Å². The summed E-state index contributed by atoms with van der Waals surface area (Å²) in [6.07, 6.45) is 3.81. The summed E-state index contributed by atoms with van der Waals surface area (Å²) in [5, 5.41) is 23.2. The molecule has 21 heavy (non-hydrogen) atoms. The van der Waals surface area contributed by atoms with Gasteiger partial charge in [0.15, 0.2) is 5.69 Å². The number of nitrogens with one attached hydrogen (secondary N) is 1. The number of fused-ring (bicyclic) bond motifs is 5. The average Bonchev–Trinajstić information content (AvgIpc) is 2.83. The molecule has 0 radical (unpaired) electrons. The largest absolute Gasteiger partial charge is 0.477 e. The standard InChI is InChI=1S/C14H15N3O4/c18-14(19)8-3-4-9(17(20)21)13(15-8)16-12-10-6-1-2-7(5-6)11(10)12/h3-4,6-7,10-12H,1-2,5H2,(H,15,16)(H,18,19). The first-order valence-electron chi connectivity index (χ1n) is 7.21. The molecule has 1 heterocycles. The van der Waals surface area contributed by atoms with Gasteiger partial charge in [-0.2, -0.15) is 0 Å². The molecule has 110 valence electrons. The highest BCUT2D eigenvalue weighted by Crippen LogP contribution is 2.66. The van der Waals surface area contributed by atoms with Crippen molar-refractivity contribution in [1.82, 2.24) is 4.98 Å². The molecule has 4 atom stereocenters. The second-order valence-electron chi connectivity index (χ2n) is 6.28. The molecule has 0 aliphatic heterocycles. The van der Waals surface area contributed by atoms with E-state index in [9.17, 15) is 14.9 Å². The number of nitrogens with zero attached hydrogens (tertiary/aromatic N) is 2. The third-order valence-corrected chi connectivity index (χ3v) is 5.33. The van der Waals surface area contributed by atoms with Gasteiger partial charge in [0.25, 0.3) is 0 Å². The Hall–Kier alpha value is -2.18. The van der Waals surface area contributed by atoms with Crippen molar-refractivity contribution in [3.05, 3.63) is 27.9 Å². The Balaban J connectivity index is 1.61. The lowest BCUT2D eigenvalue weighted by Crippen LogP contribution is -2.16. The Morgan fingerprint density at radius 2 is 2.00 bits per heavy atom. The predicted molar refractivity (Wildman–Crippen MR) is 73.1 cm³/mol. The van der Waals surface area contributed by atoms with Crippen LogP contribution in [-0.2, 0) is 0 Å². The van der Waals surface area contributed by atoms with Crippen LogP contribution in [0.2, 0.25) is 0 Å². The summed E-state index contributed by atoms with van der Waals surface area (Å²) >= 11 is 0. The number of nitro groups is 1. The molecule has 1 aromatic heterocycles. The van der Waals surface area contributed by atoms with Crippen molar-refractivity contribution in [3.63, 3.8) is 0 Å². The molecule has 3 aliphatic rings. The second-order valence-corrected chi connectivity index (χ2v) is 6.28. The summed E-state index contributed by atoms with van der Waals surface area (Å²) in [7, 11) is 0. The fourth-order valence-electron chi connectivity index (χ4n) is 4.50. The highest BCUT2D eigenvalue weighted by Gasteiger charge is 2.65. The smallest absolute Gasteiger partial charge is 0.354 e. The van der Waals surface area contributed by atoms with Crippen molar-refractivity contribution in [1.29, 1.82) is 0 Å². The van der Waals surface area contributed by atoms with Gasteiger partial charge in [0.2, 0.25) is 5.82 Å². The first-order chi connectivity index (χ1) is 10.1. The number of carboxylic acids is 1. The monoisotopic (exact) mass is 289 g/mol. The average molecular weight is 289 g/mol. The van der Waals surface area contributed by atoms with E-state index in [0.29, 0.717) is 11.8 Å². The molecule has 2 bridgehead atoms. The number of hydrogen-bond donors (Lipinski definition) is 2. The summed E-state index contributed by atoms with van der Waals surface area (Å²) < 4.78 is 0. The molecule has 0 spiro atoms. The molecule has 2 N–H and O–H groups in total. The molecule has 0 saturated heterocycles. The number of hydrogen-bond acceptors (Lipinski definition) is 5. The normalized spacial score (nSPS) is 35.3. The van der Waals surface area contributed by atoms with Gasteiger partial charge in [0, 0.05) is 12.1 Å². The molecule has 7 nitrogen and oxygen atoms in total. The van der Waals surface area contributed by atoms with Crippen LogP contribution in [0, 0.1) is 33.8 Å². The van der Waals surface area contributed by atoms with E-state index in [0.717, 1.165) is 11.8 Å². The zero-order valence-electron chi connectivity index (χ0n) is 11.2. The molecule has 4 unspecified atom stereocenters. The molecular formula is C14H15N3O4. The molecule has 4 rings (SSSR count). The number of rotatable bonds is 4. The third kappa shape index (κ3) is 1.80. The Kier molecular flexibility index (Phi) is 2.49. The predicted octanol–water partition coefficient (Wildman–Crippen LogP) is 2.14. The van der Waals surface area contributed by atoms with Crippen LogP contribution in [0.4, 0.5) is 11.5 Å². The Morgan fingerprint density at radius 1 is 1.33 bits per heavy atom. The summed E-state index contributed by atoms with van der Waals surface area (Å²) in [4.78, 5) is 25.5. The minimum absolute atomic E-state index is 0.0960. The van der Waals surface area contributed by atoms with Gasteiger partial charge in [-0.1, -0.05) is 0 Å². The maximum atomic E-state index is 11.1. The molecule has 3 saturated carbocycles. The van der Waals surface area contributed by atoms with E-state index in [1.54, 1.807) is 0 Å². The zero-order chi connectivity index (χ0) is 14.7. The van der Waals surface area contributed by atoms with Gasteiger partial charge in [-0.15, -0.1) is 0 Å². The van der Waals surface area contributed by atoms with E-state index < -0.39 is 10.9 Å². The van der Waals surface area contributed by atoms with Crippen LogP contribution in [-0.4, -0.2) is 27.0 Å². The van der Waals surface area contributed by atoms with Gasteiger partial charge >= 0.3 is 11.7 Å². The van der Waals surface area contributed by atoms with Crippen molar-refractivity contribution < 1.29 is 14.8 Å². The van der Waals surface area contributed by atoms with Crippen LogP contribution in [0.3, 0.4) is 0 Å². The minimum atomic E-state index is -1.18. The van der Waals surface area contributed by atoms with Crippen LogP contribution in [0.1, 0.15) is 29.8 Å². The number of carboxylic acid groups (broad SMARTS) is 1. The maximum Gasteiger partial charge on any atom is 0.354 e. The van der Waals surface area contributed by atoms with Crippen LogP contribution >= 0.6 is 0 Å². The molecule has 1 aromatic rings. The fourth-order valence-corrected chi connectivity index (χ4v) is 4.50. The number of carbonyl (C=O) groups is 1. The lowest BCUT2D eigenvalue weighted by atomic mass is 10.0. The van der Waals surface area contributed by atoms with Gasteiger partial charge < -0.3 is 10.4 Å². The zero-order valence-corrected chi connectivity index (χ0v) is 11.2. The van der Waals surface area contributed by atoms with Gasteiger partial charge in [0.05, 0.1) is 4.92 Å². The molecule has 7 heteroatoms. The quantitative estimate of drug-likeness (QED) is 0.650. The first kappa shape index (κ1) is 12.6. The van der Waals surface area contributed by atoms with Crippen molar-refractivity contribution in [2.75, 3.05) is 5.32 Å². The Bertz CT molecular complexity index is 631. The maximum absolute atomic E-state index is 11.1. The highest BCUT2D eigenvalue weighted by molar-refractivity contribution is 5.86. The number of aromatic nitrogens is 1. The second kappa shape index (κ2) is 4.16. The summed E-state index contributed by atoms with van der Waals surface area (Å²) in [6.45, 7) is 0. The summed E-state index contributed by atoms with van der Waals surface area (Å²) in [6, 6.07) is 2.61. The number of aromatic carboxylic acids is 1. The minimum Gasteiger partial charge on any atom is -0.477 e. The highest BCUT2D eigenvalue weighted by atomic mass is 16.6. The van der Waals surface area contributed by atoms with E-state index in [1.165, 1.54) is 31.4 Å². The summed E-state index contributed by atoms with van der Waals surface area (Å²) in [5.41, 5.74) is -0.325. The van der Waals surface area contributed by atoms with Crippen LogP contribution < -0.4 is 5.32 Å². The fraction of sp³-hybridized carbons (Fsp3) is 0.571. The van der Waals surface area contributed by atoms with E-state index in [4.69, 9.17) is 5.11 Å². The third-order valence-electron chi connectivity index (χ3n) is 5.33. The van der Waals surface area contributed by atoms with Crippen molar-refractivity contribution in [3.8, 4) is 0 Å². The Morgan fingerprint density at radius 3 is 2.57 bits per heavy atom. The van der Waals surface area contributed by atoms with E-state index in [2.05, 4.69) is 10.3 Å². The molecule has 3 fully saturated rings. The van der Waals surface area contributed by atoms with E-state index in [-0.39, 0.29) is 23.2 Å². The van der Waals surface area contributed by atoms with Crippen molar-refractivity contribution in [2.45, 2.75) is 25.3 Å². The van der Waals surface area contributed by atoms with Crippen LogP contribution in [0.5, 0.6) is 0 Å². The number of pyridine rings is 1. The molecule has 0 aromatic carbocycles. The first-order valence-corrected chi connectivity index (χ1v) is 7.21. The lowest BCUT2D eigenvalue weighted by Gasteiger charge is -2.11. The van der Waals surface area contributed by atoms with Gasteiger partial charge in [-0.3, -0.25) is 10.1 Å². The van der Waals surface area contributed by atoms with Gasteiger partial charge in [0.1, 0.15) is 0 Å². The van der Waals surface area contributed by atoms with Crippen molar-refractivity contribution in [2.24, 2.45) is 23.7 Å². The SMILES string of the molecule is O=C(O)c1ccc([N+](=O)[O-])c(NC2C3C4CCC(C4)C23)n1. The van der Waals surface area contributed by atoms with E-state index >= 15 is 0 Å². The van der Waals surface area contributed by atoms with Crippen LogP contribution in [0.25, 0.3) is 0 Å².